The van der Waals surface area contributed by atoms with E-state index in [4.69, 9.17) is 9.98 Å². The van der Waals surface area contributed by atoms with Crippen molar-refractivity contribution in [3.05, 3.63) is 11.1 Å². The highest BCUT2D eigenvalue weighted by Crippen LogP contribution is 2.24. The van der Waals surface area contributed by atoms with Crippen molar-refractivity contribution in [2.24, 2.45) is 10.9 Å². The van der Waals surface area contributed by atoms with E-state index >= 15 is 0 Å². The molecule has 2 N–H and O–H groups in total. The number of nitrogens with zero attached hydrogens (tertiary/aromatic N) is 4. The van der Waals surface area contributed by atoms with Crippen LogP contribution in [0.25, 0.3) is 0 Å². The summed E-state index contributed by atoms with van der Waals surface area (Å²) in [5, 5.41) is 9.51. The monoisotopic (exact) mass is 406 g/mol. The molecule has 2 aliphatic rings. The van der Waals surface area contributed by atoms with Crippen LogP contribution in [-0.4, -0.2) is 68.1 Å². The third-order valence-corrected chi connectivity index (χ3v) is 6.50. The zero-order valence-electron chi connectivity index (χ0n) is 17.2. The van der Waals surface area contributed by atoms with Crippen molar-refractivity contribution in [3.63, 3.8) is 0 Å². The molecule has 0 aliphatic carbocycles. The summed E-state index contributed by atoms with van der Waals surface area (Å²) in [5.74, 6) is 1.63. The van der Waals surface area contributed by atoms with Crippen LogP contribution >= 0.6 is 11.3 Å². The Morgan fingerprint density at radius 1 is 1.29 bits per heavy atom. The van der Waals surface area contributed by atoms with E-state index in [0.29, 0.717) is 12.3 Å². The molecule has 28 heavy (non-hydrogen) atoms. The van der Waals surface area contributed by atoms with Gasteiger partial charge >= 0.3 is 0 Å². The number of hydrogen-bond donors (Lipinski definition) is 2. The zero-order valence-corrected chi connectivity index (χ0v) is 18.1. The molecule has 0 saturated carbocycles. The molecule has 1 amide bonds. The Morgan fingerprint density at radius 2 is 2.04 bits per heavy atom. The molecule has 8 heteroatoms. The van der Waals surface area contributed by atoms with Gasteiger partial charge in [0.2, 0.25) is 5.91 Å². The van der Waals surface area contributed by atoms with Crippen LogP contribution in [0.3, 0.4) is 0 Å². The zero-order chi connectivity index (χ0) is 19.8. The number of rotatable bonds is 7. The van der Waals surface area contributed by atoms with E-state index in [1.165, 1.54) is 18.0 Å². The van der Waals surface area contributed by atoms with Crippen LogP contribution in [0, 0.1) is 5.92 Å². The normalized spacial score (nSPS) is 18.6. The minimum atomic E-state index is 0.149. The Labute approximate surface area is 172 Å². The average Bonchev–Trinajstić information content (AvgIpc) is 3.40. The lowest BCUT2D eigenvalue weighted by Crippen LogP contribution is -2.46. The number of carbonyl (C=O) groups excluding carboxylic acids is 1. The van der Waals surface area contributed by atoms with Gasteiger partial charge in [0, 0.05) is 64.5 Å². The Bertz CT molecular complexity index is 647. The lowest BCUT2D eigenvalue weighted by molar-refractivity contribution is -0.121. The number of guanidine groups is 1. The second-order valence-electron chi connectivity index (χ2n) is 7.61. The Kier molecular flexibility index (Phi) is 7.94. The highest BCUT2D eigenvalue weighted by Gasteiger charge is 2.23. The van der Waals surface area contributed by atoms with E-state index in [1.807, 2.05) is 0 Å². The van der Waals surface area contributed by atoms with Crippen molar-refractivity contribution in [2.75, 3.05) is 51.2 Å². The SMILES string of the molecule is CCNC(=NCCc1csc(N2CCCC2)n1)N1CCC(CC(=O)NC)CC1. The minimum Gasteiger partial charge on any atom is -0.359 e. The topological polar surface area (TPSA) is 72.9 Å². The molecule has 0 aromatic carbocycles. The van der Waals surface area contributed by atoms with E-state index in [2.05, 4.69) is 32.7 Å². The first-order valence-electron chi connectivity index (χ1n) is 10.6. The van der Waals surface area contributed by atoms with E-state index in [-0.39, 0.29) is 5.91 Å². The smallest absolute Gasteiger partial charge is 0.220 e. The van der Waals surface area contributed by atoms with Gasteiger partial charge in [-0.25, -0.2) is 4.98 Å². The molecule has 0 bridgehead atoms. The number of hydrogen-bond acceptors (Lipinski definition) is 5. The summed E-state index contributed by atoms with van der Waals surface area (Å²) < 4.78 is 0. The molecular weight excluding hydrogens is 372 g/mol. The molecule has 2 saturated heterocycles. The van der Waals surface area contributed by atoms with Gasteiger partial charge in [0.1, 0.15) is 0 Å². The fourth-order valence-electron chi connectivity index (χ4n) is 3.88. The van der Waals surface area contributed by atoms with Crippen LogP contribution in [-0.2, 0) is 11.2 Å². The molecule has 3 rings (SSSR count). The number of thiazole rings is 1. The molecule has 0 radical (unpaired) electrons. The van der Waals surface area contributed by atoms with E-state index in [9.17, 15) is 4.79 Å². The van der Waals surface area contributed by atoms with Crippen molar-refractivity contribution in [3.8, 4) is 0 Å². The first-order valence-corrected chi connectivity index (χ1v) is 11.5. The summed E-state index contributed by atoms with van der Waals surface area (Å²) in [6, 6.07) is 0. The number of nitrogens with one attached hydrogen (secondary N) is 2. The number of amides is 1. The van der Waals surface area contributed by atoms with Crippen molar-refractivity contribution < 1.29 is 4.79 Å². The van der Waals surface area contributed by atoms with Crippen molar-refractivity contribution in [1.82, 2.24) is 20.5 Å². The number of piperidine rings is 1. The van der Waals surface area contributed by atoms with Crippen molar-refractivity contribution in [2.45, 2.75) is 45.4 Å². The van der Waals surface area contributed by atoms with Crippen LogP contribution in [0.1, 0.15) is 44.7 Å². The maximum atomic E-state index is 11.6. The van der Waals surface area contributed by atoms with Gasteiger partial charge in [0.05, 0.1) is 5.69 Å². The third-order valence-electron chi connectivity index (χ3n) is 5.55. The van der Waals surface area contributed by atoms with Crippen molar-refractivity contribution in [1.29, 1.82) is 0 Å². The van der Waals surface area contributed by atoms with Gasteiger partial charge in [0.25, 0.3) is 0 Å². The first-order chi connectivity index (χ1) is 13.7. The highest BCUT2D eigenvalue weighted by molar-refractivity contribution is 7.13. The Balaban J connectivity index is 1.48. The predicted octanol–water partition coefficient (Wildman–Crippen LogP) is 2.10. The standard InChI is InChI=1S/C20H34N6OS/c1-3-22-19(25-12-7-16(8-13-25)14-18(27)21-2)23-9-6-17-15-28-20(24-17)26-10-4-5-11-26/h15-16H,3-14H2,1-2H3,(H,21,27)(H,22,23). The largest absolute Gasteiger partial charge is 0.359 e. The molecular formula is C20H34N6OS. The van der Waals surface area contributed by atoms with Crippen molar-refractivity contribution >= 4 is 28.3 Å². The lowest BCUT2D eigenvalue weighted by Gasteiger charge is -2.34. The molecule has 0 spiro atoms. The van der Waals surface area contributed by atoms with E-state index in [1.54, 1.807) is 18.4 Å². The number of aromatic nitrogens is 1. The van der Waals surface area contributed by atoms with Gasteiger partial charge in [-0.05, 0) is 38.5 Å². The summed E-state index contributed by atoms with van der Waals surface area (Å²) in [7, 11) is 1.71. The third kappa shape index (κ3) is 5.83. The summed E-state index contributed by atoms with van der Waals surface area (Å²) in [6.07, 6.45) is 6.18. The molecule has 3 heterocycles. The highest BCUT2D eigenvalue weighted by atomic mass is 32.1. The van der Waals surface area contributed by atoms with Gasteiger partial charge in [0.15, 0.2) is 11.1 Å². The summed E-state index contributed by atoms with van der Waals surface area (Å²) in [5.41, 5.74) is 1.15. The van der Waals surface area contributed by atoms with Crippen LogP contribution in [0.15, 0.2) is 10.4 Å². The molecule has 1 aromatic heterocycles. The van der Waals surface area contributed by atoms with Gasteiger partial charge in [-0.15, -0.1) is 11.3 Å². The summed E-state index contributed by atoms with van der Waals surface area (Å²) in [4.78, 5) is 26.0. The lowest BCUT2D eigenvalue weighted by atomic mass is 9.93. The first kappa shape index (κ1) is 20.9. The molecule has 0 unspecified atom stereocenters. The quantitative estimate of drug-likeness (QED) is 0.536. The van der Waals surface area contributed by atoms with Crippen LogP contribution in [0.5, 0.6) is 0 Å². The number of aliphatic imine (C=N–C) groups is 1. The molecule has 2 aliphatic heterocycles. The fraction of sp³-hybridized carbons (Fsp3) is 0.750. The maximum Gasteiger partial charge on any atom is 0.220 e. The Morgan fingerprint density at radius 3 is 2.71 bits per heavy atom. The van der Waals surface area contributed by atoms with Crippen LogP contribution in [0.2, 0.25) is 0 Å². The average molecular weight is 407 g/mol. The number of likely N-dealkylation sites (tertiary alicyclic amines) is 1. The fourth-order valence-corrected chi connectivity index (χ4v) is 4.79. The van der Waals surface area contributed by atoms with Gasteiger partial charge in [-0.3, -0.25) is 9.79 Å². The predicted molar refractivity (Wildman–Crippen MR) is 116 cm³/mol. The maximum absolute atomic E-state index is 11.6. The Hall–Kier alpha value is -1.83. The van der Waals surface area contributed by atoms with Gasteiger partial charge in [-0.2, -0.15) is 0 Å². The second-order valence-corrected chi connectivity index (χ2v) is 8.45. The van der Waals surface area contributed by atoms with E-state index < -0.39 is 0 Å². The van der Waals surface area contributed by atoms with Crippen LogP contribution in [0.4, 0.5) is 5.13 Å². The number of carbonyl (C=O) groups is 1. The second kappa shape index (κ2) is 10.6. The molecule has 2 fully saturated rings. The molecule has 156 valence electrons. The summed E-state index contributed by atoms with van der Waals surface area (Å²) in [6.45, 7) is 7.94. The van der Waals surface area contributed by atoms with Gasteiger partial charge in [-0.1, -0.05) is 0 Å². The summed E-state index contributed by atoms with van der Waals surface area (Å²) >= 11 is 1.76. The molecule has 1 aromatic rings. The number of anilines is 1. The van der Waals surface area contributed by atoms with Crippen LogP contribution < -0.4 is 15.5 Å². The molecule has 0 atom stereocenters. The molecule has 7 nitrogen and oxygen atoms in total. The minimum absolute atomic E-state index is 0.149. The van der Waals surface area contributed by atoms with Gasteiger partial charge < -0.3 is 20.4 Å². The van der Waals surface area contributed by atoms with E-state index in [0.717, 1.165) is 70.2 Å².